The SMILES string of the molecule is CCNC(=NCC1CC1)N1CCN(c2cc(F)ccc2F)CC1.I. The van der Waals surface area contributed by atoms with Gasteiger partial charge in [0, 0.05) is 45.3 Å². The zero-order valence-electron chi connectivity index (χ0n) is 14.0. The third-order valence-corrected chi connectivity index (χ3v) is 4.36. The Morgan fingerprint density at radius 1 is 1.21 bits per heavy atom. The first-order valence-electron chi connectivity index (χ1n) is 8.40. The van der Waals surface area contributed by atoms with Crippen LogP contribution in [0.4, 0.5) is 14.5 Å². The first-order valence-corrected chi connectivity index (χ1v) is 8.40. The molecule has 3 rings (SSSR count). The number of rotatable bonds is 4. The molecule has 2 aliphatic rings. The molecular weight excluding hydrogens is 425 g/mol. The van der Waals surface area contributed by atoms with Crippen molar-refractivity contribution in [3.05, 3.63) is 29.8 Å². The van der Waals surface area contributed by atoms with Crippen molar-refractivity contribution >= 4 is 35.6 Å². The molecule has 0 amide bonds. The minimum Gasteiger partial charge on any atom is -0.366 e. The summed E-state index contributed by atoms with van der Waals surface area (Å²) in [7, 11) is 0. The van der Waals surface area contributed by atoms with Crippen LogP contribution in [0, 0.1) is 17.6 Å². The highest BCUT2D eigenvalue weighted by Gasteiger charge is 2.24. The predicted molar refractivity (Wildman–Crippen MR) is 104 cm³/mol. The molecule has 0 radical (unpaired) electrons. The zero-order valence-corrected chi connectivity index (χ0v) is 16.3. The van der Waals surface area contributed by atoms with Crippen molar-refractivity contribution in [2.45, 2.75) is 19.8 Å². The molecule has 4 nitrogen and oxygen atoms in total. The predicted octanol–water partition coefficient (Wildman–Crippen LogP) is 3.08. The third-order valence-electron chi connectivity index (χ3n) is 4.36. The first kappa shape index (κ1) is 19.2. The standard InChI is InChI=1S/C17H24F2N4.HI/c1-2-20-17(21-12-13-3-4-13)23-9-7-22(8-10-23)16-11-14(18)5-6-15(16)19;/h5-6,11,13H,2-4,7-10,12H2,1H3,(H,20,21);1H. The van der Waals surface area contributed by atoms with Crippen LogP contribution in [0.2, 0.25) is 0 Å². The molecule has 0 atom stereocenters. The van der Waals surface area contributed by atoms with Crippen molar-refractivity contribution in [2.24, 2.45) is 10.9 Å². The van der Waals surface area contributed by atoms with Gasteiger partial charge in [-0.1, -0.05) is 0 Å². The maximum Gasteiger partial charge on any atom is 0.194 e. The molecule has 0 bridgehead atoms. The molecule has 1 heterocycles. The maximum atomic E-state index is 13.9. The lowest BCUT2D eigenvalue weighted by Gasteiger charge is -2.37. The Kier molecular flexibility index (Phi) is 7.06. The third kappa shape index (κ3) is 4.94. The van der Waals surface area contributed by atoms with E-state index in [1.807, 2.05) is 4.90 Å². The average Bonchev–Trinajstić information content (AvgIpc) is 3.38. The van der Waals surface area contributed by atoms with E-state index in [0.29, 0.717) is 18.8 Å². The van der Waals surface area contributed by atoms with E-state index in [2.05, 4.69) is 17.1 Å². The van der Waals surface area contributed by atoms with Gasteiger partial charge in [0.2, 0.25) is 0 Å². The van der Waals surface area contributed by atoms with Crippen molar-refractivity contribution in [1.29, 1.82) is 0 Å². The van der Waals surface area contributed by atoms with Crippen molar-refractivity contribution in [3.8, 4) is 0 Å². The number of hydrogen-bond donors (Lipinski definition) is 1. The van der Waals surface area contributed by atoms with Crippen LogP contribution in [0.25, 0.3) is 0 Å². The summed E-state index contributed by atoms with van der Waals surface area (Å²) in [6.07, 6.45) is 2.57. The molecule has 1 aromatic rings. The van der Waals surface area contributed by atoms with Gasteiger partial charge in [0.05, 0.1) is 5.69 Å². The summed E-state index contributed by atoms with van der Waals surface area (Å²) in [6, 6.07) is 3.62. The van der Waals surface area contributed by atoms with Crippen molar-refractivity contribution in [3.63, 3.8) is 0 Å². The van der Waals surface area contributed by atoms with E-state index in [4.69, 9.17) is 4.99 Å². The summed E-state index contributed by atoms with van der Waals surface area (Å²) >= 11 is 0. The number of halogens is 3. The van der Waals surface area contributed by atoms with Gasteiger partial charge in [-0.05, 0) is 37.8 Å². The highest BCUT2D eigenvalue weighted by molar-refractivity contribution is 14.0. The molecule has 1 saturated heterocycles. The van der Waals surface area contributed by atoms with E-state index in [-0.39, 0.29) is 29.8 Å². The van der Waals surface area contributed by atoms with Crippen LogP contribution in [-0.4, -0.2) is 50.1 Å². The van der Waals surface area contributed by atoms with E-state index in [1.165, 1.54) is 25.0 Å². The number of piperazine rings is 1. The van der Waals surface area contributed by atoms with E-state index < -0.39 is 5.82 Å². The van der Waals surface area contributed by atoms with E-state index in [9.17, 15) is 8.78 Å². The second-order valence-corrected chi connectivity index (χ2v) is 6.21. The molecular formula is C17H25F2IN4. The van der Waals surface area contributed by atoms with Crippen LogP contribution in [0.15, 0.2) is 23.2 Å². The fourth-order valence-electron chi connectivity index (χ4n) is 2.83. The summed E-state index contributed by atoms with van der Waals surface area (Å²) in [4.78, 5) is 8.82. The minimum atomic E-state index is -0.400. The number of benzene rings is 1. The van der Waals surface area contributed by atoms with Gasteiger partial charge in [-0.15, -0.1) is 24.0 Å². The van der Waals surface area contributed by atoms with E-state index >= 15 is 0 Å². The van der Waals surface area contributed by atoms with Gasteiger partial charge in [0.25, 0.3) is 0 Å². The Hall–Kier alpha value is -1.12. The van der Waals surface area contributed by atoms with Crippen LogP contribution < -0.4 is 10.2 Å². The lowest BCUT2D eigenvalue weighted by molar-refractivity contribution is 0.370. The van der Waals surface area contributed by atoms with Crippen LogP contribution in [0.5, 0.6) is 0 Å². The Morgan fingerprint density at radius 3 is 2.54 bits per heavy atom. The lowest BCUT2D eigenvalue weighted by Crippen LogP contribution is -2.52. The lowest BCUT2D eigenvalue weighted by atomic mass is 10.2. The second kappa shape index (κ2) is 8.82. The summed E-state index contributed by atoms with van der Waals surface area (Å²) in [5.74, 6) is 0.933. The smallest absolute Gasteiger partial charge is 0.194 e. The summed E-state index contributed by atoms with van der Waals surface area (Å²) in [6.45, 7) is 6.62. The molecule has 24 heavy (non-hydrogen) atoms. The molecule has 1 saturated carbocycles. The summed E-state index contributed by atoms with van der Waals surface area (Å²) < 4.78 is 27.2. The summed E-state index contributed by atoms with van der Waals surface area (Å²) in [5, 5.41) is 3.33. The Balaban J connectivity index is 0.00000208. The molecule has 0 aromatic heterocycles. The van der Waals surface area contributed by atoms with Crippen LogP contribution >= 0.6 is 24.0 Å². The highest BCUT2D eigenvalue weighted by Crippen LogP contribution is 2.29. The van der Waals surface area contributed by atoms with Gasteiger partial charge in [-0.2, -0.15) is 0 Å². The van der Waals surface area contributed by atoms with E-state index in [1.54, 1.807) is 0 Å². The molecule has 1 aromatic carbocycles. The van der Waals surface area contributed by atoms with Crippen molar-refractivity contribution in [1.82, 2.24) is 10.2 Å². The molecule has 134 valence electrons. The molecule has 1 aliphatic carbocycles. The minimum absolute atomic E-state index is 0. The van der Waals surface area contributed by atoms with Crippen molar-refractivity contribution < 1.29 is 8.78 Å². The molecule has 2 fully saturated rings. The molecule has 1 N–H and O–H groups in total. The normalized spacial score (nSPS) is 18.4. The monoisotopic (exact) mass is 450 g/mol. The zero-order chi connectivity index (χ0) is 16.2. The largest absolute Gasteiger partial charge is 0.366 e. The first-order chi connectivity index (χ1) is 11.2. The molecule has 0 unspecified atom stereocenters. The van der Waals surface area contributed by atoms with Crippen LogP contribution in [0.1, 0.15) is 19.8 Å². The Labute approximate surface area is 159 Å². The summed E-state index contributed by atoms with van der Waals surface area (Å²) in [5.41, 5.74) is 0.351. The molecule has 1 aliphatic heterocycles. The molecule has 0 spiro atoms. The van der Waals surface area contributed by atoms with Crippen molar-refractivity contribution in [2.75, 3.05) is 44.2 Å². The number of hydrogen-bond acceptors (Lipinski definition) is 2. The van der Waals surface area contributed by atoms with Gasteiger partial charge in [-0.25, -0.2) is 8.78 Å². The average molecular weight is 450 g/mol. The molecule has 7 heteroatoms. The maximum absolute atomic E-state index is 13.9. The van der Waals surface area contributed by atoms with Gasteiger partial charge in [-0.3, -0.25) is 4.99 Å². The quantitative estimate of drug-likeness (QED) is 0.435. The Morgan fingerprint density at radius 2 is 1.92 bits per heavy atom. The highest BCUT2D eigenvalue weighted by atomic mass is 127. The fourth-order valence-corrected chi connectivity index (χ4v) is 2.83. The van der Waals surface area contributed by atoms with Gasteiger partial charge in [0.15, 0.2) is 5.96 Å². The number of nitrogens with one attached hydrogen (secondary N) is 1. The van der Waals surface area contributed by atoms with Gasteiger partial charge < -0.3 is 15.1 Å². The number of aliphatic imine (C=N–C) groups is 1. The van der Waals surface area contributed by atoms with Crippen LogP contribution in [-0.2, 0) is 0 Å². The van der Waals surface area contributed by atoms with Gasteiger partial charge in [0.1, 0.15) is 11.6 Å². The number of guanidine groups is 1. The van der Waals surface area contributed by atoms with Gasteiger partial charge >= 0.3 is 0 Å². The van der Waals surface area contributed by atoms with E-state index in [0.717, 1.165) is 44.1 Å². The second-order valence-electron chi connectivity index (χ2n) is 6.21. The number of nitrogens with zero attached hydrogens (tertiary/aromatic N) is 3. The number of anilines is 1. The fraction of sp³-hybridized carbons (Fsp3) is 0.588. The topological polar surface area (TPSA) is 30.9 Å². The van der Waals surface area contributed by atoms with Crippen LogP contribution in [0.3, 0.4) is 0 Å². The Bertz CT molecular complexity index is 570.